The van der Waals surface area contributed by atoms with Crippen LogP contribution in [0, 0.1) is 0 Å². The molecule has 0 radical (unpaired) electrons. The lowest BCUT2D eigenvalue weighted by atomic mass is 9.91. The highest BCUT2D eigenvalue weighted by atomic mass is 35.5. The molecule has 0 N–H and O–H groups in total. The van der Waals surface area contributed by atoms with Crippen LogP contribution in [0.4, 0.5) is 0 Å². The smallest absolute Gasteiger partial charge is 0.318 e. The lowest BCUT2D eigenvalue weighted by Crippen LogP contribution is -2.20. The van der Waals surface area contributed by atoms with Gasteiger partial charge in [0.1, 0.15) is 5.92 Å². The van der Waals surface area contributed by atoms with Crippen molar-refractivity contribution in [1.82, 2.24) is 0 Å². The predicted molar refractivity (Wildman–Crippen MR) is 99.3 cm³/mol. The molecule has 0 unspecified atom stereocenters. The molecule has 5 heteroatoms. The van der Waals surface area contributed by atoms with E-state index in [0.29, 0.717) is 9.21 Å². The number of carbonyl (C=O) groups is 2. The largest absolute Gasteiger partial charge is 0.457 e. The highest BCUT2D eigenvalue weighted by Gasteiger charge is 2.25. The van der Waals surface area contributed by atoms with E-state index in [1.807, 2.05) is 60.7 Å². The highest BCUT2D eigenvalue weighted by molar-refractivity contribution is 7.18. The van der Waals surface area contributed by atoms with Gasteiger partial charge in [0.15, 0.2) is 6.61 Å². The van der Waals surface area contributed by atoms with Crippen molar-refractivity contribution in [2.75, 3.05) is 6.61 Å². The van der Waals surface area contributed by atoms with Crippen LogP contribution in [0.15, 0.2) is 72.8 Å². The van der Waals surface area contributed by atoms with Gasteiger partial charge in [0.2, 0.25) is 5.78 Å². The van der Waals surface area contributed by atoms with E-state index < -0.39 is 11.9 Å². The quantitative estimate of drug-likeness (QED) is 0.455. The van der Waals surface area contributed by atoms with E-state index in [-0.39, 0.29) is 12.4 Å². The summed E-state index contributed by atoms with van der Waals surface area (Å²) in [6.07, 6.45) is 0. The van der Waals surface area contributed by atoms with Crippen LogP contribution >= 0.6 is 22.9 Å². The average Bonchev–Trinajstić information content (AvgIpc) is 3.08. The zero-order chi connectivity index (χ0) is 17.6. The van der Waals surface area contributed by atoms with Crippen molar-refractivity contribution in [3.05, 3.63) is 93.1 Å². The standard InChI is InChI=1S/C20H15ClO3S/c21-18-12-11-17(25-18)16(22)13-24-20(23)19(14-7-3-1-4-8-14)15-9-5-2-6-10-15/h1-12,19H,13H2. The Labute approximate surface area is 154 Å². The van der Waals surface area contributed by atoms with E-state index in [1.165, 1.54) is 11.3 Å². The van der Waals surface area contributed by atoms with Gasteiger partial charge in [-0.15, -0.1) is 11.3 Å². The van der Waals surface area contributed by atoms with E-state index in [9.17, 15) is 9.59 Å². The van der Waals surface area contributed by atoms with Crippen LogP contribution in [0.2, 0.25) is 4.34 Å². The van der Waals surface area contributed by atoms with Crippen molar-refractivity contribution in [1.29, 1.82) is 0 Å². The molecule has 0 amide bonds. The normalized spacial score (nSPS) is 10.6. The molecule has 0 spiro atoms. The van der Waals surface area contributed by atoms with Crippen molar-refractivity contribution in [2.24, 2.45) is 0 Å². The maximum absolute atomic E-state index is 12.7. The highest BCUT2D eigenvalue weighted by Crippen LogP contribution is 2.26. The van der Waals surface area contributed by atoms with E-state index in [2.05, 4.69) is 0 Å². The zero-order valence-electron chi connectivity index (χ0n) is 13.2. The monoisotopic (exact) mass is 370 g/mol. The molecule has 3 aromatic rings. The van der Waals surface area contributed by atoms with Gasteiger partial charge < -0.3 is 4.74 Å². The maximum Gasteiger partial charge on any atom is 0.318 e. The third kappa shape index (κ3) is 4.35. The Hall–Kier alpha value is -2.43. The summed E-state index contributed by atoms with van der Waals surface area (Å²) in [5.41, 5.74) is 1.65. The van der Waals surface area contributed by atoms with Crippen LogP contribution in [-0.2, 0) is 9.53 Å². The summed E-state index contributed by atoms with van der Waals surface area (Å²) in [6.45, 7) is -0.300. The summed E-state index contributed by atoms with van der Waals surface area (Å²) >= 11 is 7.01. The number of thiophene rings is 1. The minimum Gasteiger partial charge on any atom is -0.457 e. The SMILES string of the molecule is O=C(COC(=O)C(c1ccccc1)c1ccccc1)c1ccc(Cl)s1. The fraction of sp³-hybridized carbons (Fsp3) is 0.100. The summed E-state index contributed by atoms with van der Waals surface area (Å²) < 4.78 is 5.84. The molecule has 0 aliphatic rings. The van der Waals surface area contributed by atoms with Gasteiger partial charge in [-0.2, -0.15) is 0 Å². The molecule has 1 aromatic heterocycles. The van der Waals surface area contributed by atoms with Gasteiger partial charge in [-0.05, 0) is 23.3 Å². The molecule has 2 aromatic carbocycles. The Kier molecular flexibility index (Phi) is 5.64. The van der Waals surface area contributed by atoms with Crippen LogP contribution in [-0.4, -0.2) is 18.4 Å². The summed E-state index contributed by atoms with van der Waals surface area (Å²) in [5.74, 6) is -1.28. The van der Waals surface area contributed by atoms with Crippen molar-refractivity contribution < 1.29 is 14.3 Å². The first kappa shape index (κ1) is 17.4. The van der Waals surface area contributed by atoms with Crippen molar-refractivity contribution in [3.63, 3.8) is 0 Å². The van der Waals surface area contributed by atoms with Gasteiger partial charge >= 0.3 is 5.97 Å². The lowest BCUT2D eigenvalue weighted by molar-refractivity contribution is -0.143. The first-order valence-electron chi connectivity index (χ1n) is 7.70. The molecule has 0 fully saturated rings. The Morgan fingerprint density at radius 2 is 1.44 bits per heavy atom. The minimum absolute atomic E-state index is 0.259. The Balaban J connectivity index is 1.77. The molecule has 0 atom stereocenters. The zero-order valence-corrected chi connectivity index (χ0v) is 14.8. The molecule has 1 heterocycles. The van der Waals surface area contributed by atoms with E-state index in [4.69, 9.17) is 16.3 Å². The maximum atomic E-state index is 12.7. The van der Waals surface area contributed by atoms with Gasteiger partial charge in [0, 0.05) is 0 Å². The van der Waals surface area contributed by atoms with E-state index in [1.54, 1.807) is 12.1 Å². The number of esters is 1. The summed E-state index contributed by atoms with van der Waals surface area (Å²) in [5, 5.41) is 0. The van der Waals surface area contributed by atoms with Crippen LogP contribution in [0.5, 0.6) is 0 Å². The number of hydrogen-bond donors (Lipinski definition) is 0. The fourth-order valence-corrected chi connectivity index (χ4v) is 3.48. The first-order valence-corrected chi connectivity index (χ1v) is 8.89. The van der Waals surface area contributed by atoms with Crippen molar-refractivity contribution in [3.8, 4) is 0 Å². The summed E-state index contributed by atoms with van der Waals surface area (Å²) in [6, 6.07) is 22.1. The van der Waals surface area contributed by atoms with E-state index >= 15 is 0 Å². The van der Waals surface area contributed by atoms with Crippen molar-refractivity contribution >= 4 is 34.7 Å². The number of benzene rings is 2. The van der Waals surface area contributed by atoms with Gasteiger partial charge in [-0.1, -0.05) is 72.3 Å². The number of rotatable bonds is 6. The third-order valence-electron chi connectivity index (χ3n) is 3.70. The lowest BCUT2D eigenvalue weighted by Gasteiger charge is -2.16. The van der Waals surface area contributed by atoms with Crippen LogP contribution in [0.1, 0.15) is 26.7 Å². The summed E-state index contributed by atoms with van der Waals surface area (Å²) in [7, 11) is 0. The summed E-state index contributed by atoms with van der Waals surface area (Å²) in [4.78, 5) is 25.3. The van der Waals surface area contributed by atoms with Gasteiger partial charge in [0.25, 0.3) is 0 Å². The molecule has 0 bridgehead atoms. The van der Waals surface area contributed by atoms with Crippen LogP contribution in [0.25, 0.3) is 0 Å². The van der Waals surface area contributed by atoms with Crippen LogP contribution in [0.3, 0.4) is 0 Å². The second kappa shape index (κ2) is 8.10. The van der Waals surface area contributed by atoms with Gasteiger partial charge in [-0.3, -0.25) is 9.59 Å². The second-order valence-electron chi connectivity index (χ2n) is 5.39. The fourth-order valence-electron chi connectivity index (χ4n) is 2.51. The molecule has 0 aliphatic heterocycles. The van der Waals surface area contributed by atoms with Gasteiger partial charge in [-0.25, -0.2) is 0 Å². The Morgan fingerprint density at radius 3 is 1.92 bits per heavy atom. The van der Waals surface area contributed by atoms with E-state index in [0.717, 1.165) is 11.1 Å². The predicted octanol–water partition coefficient (Wildman–Crippen LogP) is 4.96. The number of Topliss-reactive ketones (excluding diaryl/α,β-unsaturated/α-hetero) is 1. The Morgan fingerprint density at radius 1 is 0.880 bits per heavy atom. The third-order valence-corrected chi connectivity index (χ3v) is 4.97. The molecule has 3 nitrogen and oxygen atoms in total. The molecular weight excluding hydrogens is 356 g/mol. The number of halogens is 1. The molecular formula is C20H15ClO3S. The Bertz CT molecular complexity index is 819. The molecule has 126 valence electrons. The second-order valence-corrected chi connectivity index (χ2v) is 7.10. The molecule has 25 heavy (non-hydrogen) atoms. The van der Waals surface area contributed by atoms with Gasteiger partial charge in [0.05, 0.1) is 9.21 Å². The number of ether oxygens (including phenoxy) is 1. The number of ketones is 1. The number of carbonyl (C=O) groups excluding carboxylic acids is 2. The minimum atomic E-state index is -0.567. The van der Waals surface area contributed by atoms with Crippen LogP contribution < -0.4 is 0 Å². The first-order chi connectivity index (χ1) is 12.1. The molecule has 3 rings (SSSR count). The molecule has 0 aliphatic carbocycles. The van der Waals surface area contributed by atoms with Crippen molar-refractivity contribution in [2.45, 2.75) is 5.92 Å². The number of hydrogen-bond acceptors (Lipinski definition) is 4. The molecule has 0 saturated carbocycles. The topological polar surface area (TPSA) is 43.4 Å². The average molecular weight is 371 g/mol. The molecule has 0 saturated heterocycles.